The van der Waals surface area contributed by atoms with Gasteiger partial charge in [-0.15, -0.1) is 0 Å². The molecule has 9 heteroatoms. The number of benzene rings is 2. The van der Waals surface area contributed by atoms with Crippen LogP contribution in [0.5, 0.6) is 0 Å². The number of likely N-dealkylation sites (tertiary alicyclic amines) is 1. The Morgan fingerprint density at radius 3 is 2.31 bits per heavy atom. The van der Waals surface area contributed by atoms with Gasteiger partial charge in [-0.1, -0.05) is 30.3 Å². The lowest BCUT2D eigenvalue weighted by molar-refractivity contribution is -0.123. The topological polar surface area (TPSA) is 108 Å². The van der Waals surface area contributed by atoms with Crippen molar-refractivity contribution in [3.63, 3.8) is 0 Å². The molecule has 0 saturated carbocycles. The minimum absolute atomic E-state index is 0.0231. The summed E-state index contributed by atoms with van der Waals surface area (Å²) in [6.45, 7) is 6.62. The molecule has 0 aromatic heterocycles. The lowest BCUT2D eigenvalue weighted by atomic mass is 10.1. The number of nitrogens with one attached hydrogen (secondary N) is 3. The van der Waals surface area contributed by atoms with Gasteiger partial charge in [0.05, 0.1) is 10.9 Å². The van der Waals surface area contributed by atoms with Crippen molar-refractivity contribution >= 4 is 27.5 Å². The van der Waals surface area contributed by atoms with Crippen molar-refractivity contribution in [2.24, 2.45) is 0 Å². The summed E-state index contributed by atoms with van der Waals surface area (Å²) in [7, 11) is -3.88. The fraction of sp³-hybridized carbons (Fsp3) is 0.391. The van der Waals surface area contributed by atoms with E-state index in [1.807, 2.05) is 18.2 Å². The first-order valence-electron chi connectivity index (χ1n) is 10.6. The first-order chi connectivity index (χ1) is 15.2. The Kier molecular flexibility index (Phi) is 7.65. The van der Waals surface area contributed by atoms with Crippen LogP contribution in [-0.4, -0.2) is 50.3 Å². The smallest absolute Gasteiger partial charge is 0.241 e. The highest BCUT2D eigenvalue weighted by molar-refractivity contribution is 7.89. The second-order valence-electron chi connectivity index (χ2n) is 8.12. The van der Waals surface area contributed by atoms with E-state index in [0.29, 0.717) is 12.2 Å². The predicted octanol–water partition coefficient (Wildman–Crippen LogP) is 2.26. The molecule has 1 aliphatic rings. The molecule has 32 heavy (non-hydrogen) atoms. The number of nitrogens with zero attached hydrogens (tertiary/aromatic N) is 1. The molecular weight excluding hydrogens is 428 g/mol. The molecule has 3 rings (SSSR count). The number of amides is 2. The minimum Gasteiger partial charge on any atom is -0.351 e. The SMILES string of the molecule is CC(=O)Nc1ccc(S(=O)(=O)N[C@@H](C)C(=O)NC2CCN(C(C)c3ccccc3)C2)cc1. The van der Waals surface area contributed by atoms with Crippen LogP contribution in [0, 0.1) is 0 Å². The van der Waals surface area contributed by atoms with Gasteiger partial charge in [0, 0.05) is 37.8 Å². The first-order valence-corrected chi connectivity index (χ1v) is 12.1. The molecule has 2 aromatic carbocycles. The Hall–Kier alpha value is -2.75. The van der Waals surface area contributed by atoms with Crippen LogP contribution in [0.25, 0.3) is 0 Å². The second-order valence-corrected chi connectivity index (χ2v) is 9.84. The van der Waals surface area contributed by atoms with Gasteiger partial charge in [0.25, 0.3) is 0 Å². The predicted molar refractivity (Wildman–Crippen MR) is 124 cm³/mol. The highest BCUT2D eigenvalue weighted by Crippen LogP contribution is 2.24. The molecule has 1 fully saturated rings. The highest BCUT2D eigenvalue weighted by Gasteiger charge is 2.30. The molecule has 2 amide bonds. The van der Waals surface area contributed by atoms with E-state index in [4.69, 9.17) is 0 Å². The molecule has 1 heterocycles. The molecule has 0 bridgehead atoms. The van der Waals surface area contributed by atoms with E-state index in [9.17, 15) is 18.0 Å². The standard InChI is InChI=1S/C23H30N4O4S/c1-16(26-32(30,31)22-11-9-20(10-12-22)24-18(3)28)23(29)25-21-13-14-27(15-21)17(2)19-7-5-4-6-8-19/h4-12,16-17,21,26H,13-15H2,1-3H3,(H,24,28)(H,25,29)/t16-,17?,21?/m0/s1. The third-order valence-electron chi connectivity index (χ3n) is 5.61. The molecule has 8 nitrogen and oxygen atoms in total. The van der Waals surface area contributed by atoms with Crippen LogP contribution >= 0.6 is 0 Å². The van der Waals surface area contributed by atoms with Gasteiger partial charge in [-0.3, -0.25) is 14.5 Å². The first kappa shape index (κ1) is 23.9. The van der Waals surface area contributed by atoms with Gasteiger partial charge in [0.2, 0.25) is 21.8 Å². The van der Waals surface area contributed by atoms with Gasteiger partial charge in [-0.05, 0) is 50.1 Å². The summed E-state index contributed by atoms with van der Waals surface area (Å²) in [5.41, 5.74) is 1.72. The van der Waals surface area contributed by atoms with E-state index >= 15 is 0 Å². The summed E-state index contributed by atoms with van der Waals surface area (Å²) < 4.78 is 27.7. The average molecular weight is 459 g/mol. The number of sulfonamides is 1. The lowest BCUT2D eigenvalue weighted by Gasteiger charge is -2.25. The van der Waals surface area contributed by atoms with Crippen LogP contribution < -0.4 is 15.4 Å². The molecular formula is C23H30N4O4S. The van der Waals surface area contributed by atoms with Gasteiger partial charge in [-0.2, -0.15) is 4.72 Å². The number of hydrogen-bond donors (Lipinski definition) is 3. The van der Waals surface area contributed by atoms with Gasteiger partial charge in [0.1, 0.15) is 0 Å². The zero-order valence-electron chi connectivity index (χ0n) is 18.5. The number of rotatable bonds is 8. The maximum Gasteiger partial charge on any atom is 0.241 e. The number of hydrogen-bond acceptors (Lipinski definition) is 5. The molecule has 172 valence electrons. The molecule has 2 aromatic rings. The average Bonchev–Trinajstić information content (AvgIpc) is 3.22. The van der Waals surface area contributed by atoms with Gasteiger partial charge in [0.15, 0.2) is 0 Å². The normalized spacial score (nSPS) is 18.7. The van der Waals surface area contributed by atoms with Crippen molar-refractivity contribution in [2.45, 2.75) is 50.2 Å². The Labute approximate surface area is 189 Å². The van der Waals surface area contributed by atoms with E-state index < -0.39 is 16.1 Å². The Balaban J connectivity index is 1.54. The van der Waals surface area contributed by atoms with Crippen molar-refractivity contribution in [1.29, 1.82) is 0 Å². The maximum absolute atomic E-state index is 12.6. The van der Waals surface area contributed by atoms with Crippen LogP contribution in [0.15, 0.2) is 59.5 Å². The summed E-state index contributed by atoms with van der Waals surface area (Å²) in [4.78, 5) is 26.1. The van der Waals surface area contributed by atoms with E-state index in [1.165, 1.54) is 43.7 Å². The molecule has 2 unspecified atom stereocenters. The van der Waals surface area contributed by atoms with Crippen molar-refractivity contribution in [3.8, 4) is 0 Å². The summed E-state index contributed by atoms with van der Waals surface area (Å²) in [6, 6.07) is 15.3. The molecule has 3 N–H and O–H groups in total. The molecule has 0 spiro atoms. The lowest BCUT2D eigenvalue weighted by Crippen LogP contribution is -2.48. The molecule has 0 aliphatic carbocycles. The van der Waals surface area contributed by atoms with Crippen molar-refractivity contribution < 1.29 is 18.0 Å². The Morgan fingerprint density at radius 2 is 1.69 bits per heavy atom. The van der Waals surface area contributed by atoms with Crippen LogP contribution in [0.2, 0.25) is 0 Å². The minimum atomic E-state index is -3.88. The molecule has 3 atom stereocenters. The third kappa shape index (κ3) is 6.15. The summed E-state index contributed by atoms with van der Waals surface area (Å²) in [5, 5.41) is 5.55. The zero-order valence-corrected chi connectivity index (χ0v) is 19.4. The van der Waals surface area contributed by atoms with Crippen molar-refractivity contribution in [2.75, 3.05) is 18.4 Å². The number of anilines is 1. The summed E-state index contributed by atoms with van der Waals surface area (Å²) in [5.74, 6) is -0.602. The number of carbonyl (C=O) groups is 2. The fourth-order valence-electron chi connectivity index (χ4n) is 3.80. The van der Waals surface area contributed by atoms with Gasteiger partial charge >= 0.3 is 0 Å². The molecule has 1 saturated heterocycles. The Bertz CT molecular complexity index is 1040. The largest absolute Gasteiger partial charge is 0.351 e. The number of carbonyl (C=O) groups excluding carboxylic acids is 2. The van der Waals surface area contributed by atoms with Crippen LogP contribution in [-0.2, 0) is 19.6 Å². The third-order valence-corrected chi connectivity index (χ3v) is 7.16. The zero-order chi connectivity index (χ0) is 23.3. The van der Waals surface area contributed by atoms with E-state index in [0.717, 1.165) is 13.0 Å². The maximum atomic E-state index is 12.6. The van der Waals surface area contributed by atoms with Crippen LogP contribution in [0.1, 0.15) is 38.8 Å². The van der Waals surface area contributed by atoms with Gasteiger partial charge < -0.3 is 10.6 Å². The van der Waals surface area contributed by atoms with Crippen LogP contribution in [0.3, 0.4) is 0 Å². The van der Waals surface area contributed by atoms with Crippen molar-refractivity contribution in [3.05, 3.63) is 60.2 Å². The molecule has 1 aliphatic heterocycles. The van der Waals surface area contributed by atoms with E-state index in [-0.39, 0.29) is 28.8 Å². The van der Waals surface area contributed by atoms with E-state index in [1.54, 1.807) is 0 Å². The van der Waals surface area contributed by atoms with E-state index in [2.05, 4.69) is 39.3 Å². The fourth-order valence-corrected chi connectivity index (χ4v) is 5.00. The summed E-state index contributed by atoms with van der Waals surface area (Å²) in [6.07, 6.45) is 0.812. The molecule has 0 radical (unpaired) electrons. The second kappa shape index (κ2) is 10.2. The monoisotopic (exact) mass is 458 g/mol. The summed E-state index contributed by atoms with van der Waals surface area (Å²) >= 11 is 0. The Morgan fingerprint density at radius 1 is 1.03 bits per heavy atom. The quantitative estimate of drug-likeness (QED) is 0.563. The van der Waals surface area contributed by atoms with Crippen molar-refractivity contribution in [1.82, 2.24) is 14.9 Å². The van der Waals surface area contributed by atoms with Gasteiger partial charge in [-0.25, -0.2) is 8.42 Å². The highest BCUT2D eigenvalue weighted by atomic mass is 32.2. The van der Waals surface area contributed by atoms with Crippen LogP contribution in [0.4, 0.5) is 5.69 Å².